The van der Waals surface area contributed by atoms with Crippen LogP contribution in [0.15, 0.2) is 30.3 Å². The molecular weight excluding hydrogens is 249 g/mol. The van der Waals surface area contributed by atoms with Crippen molar-refractivity contribution in [2.45, 2.75) is 6.92 Å². The lowest BCUT2D eigenvalue weighted by Crippen LogP contribution is -2.00. The lowest BCUT2D eigenvalue weighted by Gasteiger charge is -2.07. The first-order valence-electron chi connectivity index (χ1n) is 5.62. The molecule has 0 aliphatic rings. The van der Waals surface area contributed by atoms with Crippen LogP contribution in [0.4, 0.5) is 15.9 Å². The van der Waals surface area contributed by atoms with Gasteiger partial charge in [-0.1, -0.05) is 11.6 Å². The maximum absolute atomic E-state index is 13.9. The topological polar surface area (TPSA) is 68.1 Å². The van der Waals surface area contributed by atoms with Crippen LogP contribution in [-0.2, 0) is 0 Å². The molecule has 1 heterocycles. The first-order chi connectivity index (χ1) is 9.02. The van der Waals surface area contributed by atoms with Gasteiger partial charge in [-0.15, -0.1) is 0 Å². The molecular formula is C13H12FN3O2. The molecule has 0 amide bonds. The van der Waals surface area contributed by atoms with E-state index in [0.717, 1.165) is 5.56 Å². The fourth-order valence-electron chi connectivity index (χ4n) is 1.76. The van der Waals surface area contributed by atoms with E-state index in [9.17, 15) is 14.5 Å². The van der Waals surface area contributed by atoms with E-state index in [0.29, 0.717) is 5.82 Å². The second-order valence-corrected chi connectivity index (χ2v) is 4.05. The Labute approximate surface area is 109 Å². The third kappa shape index (κ3) is 2.52. The first-order valence-corrected chi connectivity index (χ1v) is 5.62. The molecule has 0 bridgehead atoms. The van der Waals surface area contributed by atoms with Crippen molar-refractivity contribution < 1.29 is 9.31 Å². The van der Waals surface area contributed by atoms with Crippen molar-refractivity contribution in [3.8, 4) is 11.3 Å². The van der Waals surface area contributed by atoms with Crippen molar-refractivity contribution in [2.75, 3.05) is 12.4 Å². The van der Waals surface area contributed by atoms with E-state index in [4.69, 9.17) is 0 Å². The predicted molar refractivity (Wildman–Crippen MR) is 70.6 cm³/mol. The molecule has 0 atom stereocenters. The van der Waals surface area contributed by atoms with Crippen LogP contribution in [0.1, 0.15) is 5.56 Å². The van der Waals surface area contributed by atoms with Gasteiger partial charge in [-0.3, -0.25) is 10.1 Å². The Morgan fingerprint density at radius 3 is 2.68 bits per heavy atom. The summed E-state index contributed by atoms with van der Waals surface area (Å²) < 4.78 is 13.9. The van der Waals surface area contributed by atoms with Gasteiger partial charge in [-0.2, -0.15) is 0 Å². The standard InChI is InChI=1S/C13H12FN3O2/c1-8-3-4-10(14)9(7-8)13-11(17(18)19)5-6-12(15-2)16-13/h3-7H,1-2H3,(H,15,16). The number of rotatable bonds is 3. The van der Waals surface area contributed by atoms with Crippen LogP contribution < -0.4 is 5.32 Å². The zero-order chi connectivity index (χ0) is 14.0. The Bertz CT molecular complexity index is 644. The summed E-state index contributed by atoms with van der Waals surface area (Å²) in [5.41, 5.74) is 0.743. The molecule has 0 saturated heterocycles. The van der Waals surface area contributed by atoms with Gasteiger partial charge in [0.2, 0.25) is 0 Å². The van der Waals surface area contributed by atoms with Gasteiger partial charge < -0.3 is 5.32 Å². The highest BCUT2D eigenvalue weighted by molar-refractivity contribution is 5.72. The fraction of sp³-hybridized carbons (Fsp3) is 0.154. The monoisotopic (exact) mass is 261 g/mol. The third-order valence-electron chi connectivity index (χ3n) is 2.70. The van der Waals surface area contributed by atoms with Gasteiger partial charge in [0.25, 0.3) is 5.69 Å². The molecule has 6 heteroatoms. The van der Waals surface area contributed by atoms with E-state index in [2.05, 4.69) is 10.3 Å². The van der Waals surface area contributed by atoms with Crippen LogP contribution in [0.5, 0.6) is 0 Å². The largest absolute Gasteiger partial charge is 0.373 e. The number of aryl methyl sites for hydroxylation is 1. The molecule has 1 aromatic carbocycles. The Kier molecular flexibility index (Phi) is 3.41. The minimum Gasteiger partial charge on any atom is -0.373 e. The number of benzene rings is 1. The minimum absolute atomic E-state index is 0.0260. The summed E-state index contributed by atoms with van der Waals surface area (Å²) in [5, 5.41) is 13.8. The van der Waals surface area contributed by atoms with E-state index in [1.54, 1.807) is 26.1 Å². The molecule has 0 fully saturated rings. The maximum atomic E-state index is 13.9. The number of hydrogen-bond donors (Lipinski definition) is 1. The van der Waals surface area contributed by atoms with E-state index < -0.39 is 10.7 Å². The van der Waals surface area contributed by atoms with Crippen molar-refractivity contribution in [1.82, 2.24) is 4.98 Å². The van der Waals surface area contributed by atoms with Gasteiger partial charge in [-0.05, 0) is 25.1 Å². The van der Waals surface area contributed by atoms with Crippen LogP contribution in [0.25, 0.3) is 11.3 Å². The van der Waals surface area contributed by atoms with Crippen LogP contribution in [0.3, 0.4) is 0 Å². The first kappa shape index (κ1) is 12.9. The van der Waals surface area contributed by atoms with Gasteiger partial charge in [0.15, 0.2) is 5.69 Å². The summed E-state index contributed by atoms with van der Waals surface area (Å²) in [7, 11) is 1.64. The average Bonchev–Trinajstić information content (AvgIpc) is 2.40. The lowest BCUT2D eigenvalue weighted by atomic mass is 10.1. The molecule has 0 saturated carbocycles. The lowest BCUT2D eigenvalue weighted by molar-refractivity contribution is -0.384. The van der Waals surface area contributed by atoms with Crippen molar-refractivity contribution >= 4 is 11.5 Å². The van der Waals surface area contributed by atoms with Crippen molar-refractivity contribution in [3.05, 3.63) is 51.8 Å². The van der Waals surface area contributed by atoms with Gasteiger partial charge in [0.1, 0.15) is 11.6 Å². The second kappa shape index (κ2) is 5.01. The smallest absolute Gasteiger partial charge is 0.295 e. The fourth-order valence-corrected chi connectivity index (χ4v) is 1.76. The minimum atomic E-state index is -0.566. The molecule has 19 heavy (non-hydrogen) atoms. The van der Waals surface area contributed by atoms with Gasteiger partial charge in [-0.25, -0.2) is 9.37 Å². The second-order valence-electron chi connectivity index (χ2n) is 4.05. The zero-order valence-electron chi connectivity index (χ0n) is 10.5. The number of nitrogens with one attached hydrogen (secondary N) is 1. The highest BCUT2D eigenvalue weighted by Crippen LogP contribution is 2.31. The summed E-state index contributed by atoms with van der Waals surface area (Å²) in [6.07, 6.45) is 0. The van der Waals surface area contributed by atoms with Gasteiger partial charge >= 0.3 is 0 Å². The molecule has 0 radical (unpaired) electrons. The number of nitro groups is 1. The Hall–Kier alpha value is -2.50. The molecule has 98 valence electrons. The summed E-state index contributed by atoms with van der Waals surface area (Å²) in [5.74, 6) is -0.0871. The summed E-state index contributed by atoms with van der Waals surface area (Å²) >= 11 is 0. The van der Waals surface area contributed by atoms with E-state index in [-0.39, 0.29) is 16.9 Å². The van der Waals surface area contributed by atoms with Crippen LogP contribution in [0, 0.1) is 22.9 Å². The van der Waals surface area contributed by atoms with Crippen molar-refractivity contribution in [2.24, 2.45) is 0 Å². The number of hydrogen-bond acceptors (Lipinski definition) is 4. The Balaban J connectivity index is 2.71. The van der Waals surface area contributed by atoms with E-state index in [1.165, 1.54) is 18.2 Å². The molecule has 1 N–H and O–H groups in total. The molecule has 0 aliphatic carbocycles. The molecule has 0 aliphatic heterocycles. The third-order valence-corrected chi connectivity index (χ3v) is 2.70. The van der Waals surface area contributed by atoms with Crippen molar-refractivity contribution in [3.63, 3.8) is 0 Å². The van der Waals surface area contributed by atoms with Crippen LogP contribution in [0.2, 0.25) is 0 Å². The Morgan fingerprint density at radius 1 is 1.32 bits per heavy atom. The number of halogens is 1. The molecule has 2 aromatic rings. The number of pyridine rings is 1. The molecule has 0 unspecified atom stereocenters. The number of anilines is 1. The van der Waals surface area contributed by atoms with Crippen LogP contribution >= 0.6 is 0 Å². The summed E-state index contributed by atoms with van der Waals surface area (Å²) in [4.78, 5) is 14.5. The molecule has 5 nitrogen and oxygen atoms in total. The zero-order valence-corrected chi connectivity index (χ0v) is 10.5. The maximum Gasteiger partial charge on any atom is 0.295 e. The number of aromatic nitrogens is 1. The predicted octanol–water partition coefficient (Wildman–Crippen LogP) is 3.15. The SMILES string of the molecule is CNc1ccc([N+](=O)[O-])c(-c2cc(C)ccc2F)n1. The highest BCUT2D eigenvalue weighted by atomic mass is 19.1. The van der Waals surface area contributed by atoms with Crippen LogP contribution in [-0.4, -0.2) is 17.0 Å². The van der Waals surface area contributed by atoms with Gasteiger partial charge in [0, 0.05) is 18.7 Å². The number of nitrogens with zero attached hydrogens (tertiary/aromatic N) is 2. The highest BCUT2D eigenvalue weighted by Gasteiger charge is 2.20. The van der Waals surface area contributed by atoms with E-state index in [1.807, 2.05) is 0 Å². The average molecular weight is 261 g/mol. The quantitative estimate of drug-likeness (QED) is 0.680. The van der Waals surface area contributed by atoms with Crippen molar-refractivity contribution in [1.29, 1.82) is 0 Å². The molecule has 1 aromatic heterocycles. The normalized spacial score (nSPS) is 10.3. The molecule has 2 rings (SSSR count). The summed E-state index contributed by atoms with van der Waals surface area (Å²) in [6.45, 7) is 1.79. The Morgan fingerprint density at radius 2 is 2.05 bits per heavy atom. The summed E-state index contributed by atoms with van der Waals surface area (Å²) in [6, 6.07) is 7.23. The molecule has 0 spiro atoms. The van der Waals surface area contributed by atoms with E-state index >= 15 is 0 Å². The van der Waals surface area contributed by atoms with Gasteiger partial charge in [0.05, 0.1) is 4.92 Å².